The van der Waals surface area contributed by atoms with Crippen molar-refractivity contribution >= 4 is 43.5 Å². The highest BCUT2D eigenvalue weighted by Crippen LogP contribution is 2.31. The SMILES string of the molecule is Cn1nnc(Br)c1C(N)c1cc(Br)ccc1Cl. The van der Waals surface area contributed by atoms with Crippen LogP contribution in [-0.4, -0.2) is 15.0 Å². The minimum Gasteiger partial charge on any atom is -0.319 e. The van der Waals surface area contributed by atoms with Gasteiger partial charge in [-0.15, -0.1) is 5.10 Å². The number of nitrogens with two attached hydrogens (primary N) is 1. The molecule has 17 heavy (non-hydrogen) atoms. The molecule has 0 saturated carbocycles. The summed E-state index contributed by atoms with van der Waals surface area (Å²) in [4.78, 5) is 0. The molecule has 4 nitrogen and oxygen atoms in total. The lowest BCUT2D eigenvalue weighted by molar-refractivity contribution is 0.651. The van der Waals surface area contributed by atoms with E-state index in [1.165, 1.54) is 0 Å². The molecule has 0 spiro atoms. The lowest BCUT2D eigenvalue weighted by atomic mass is 10.1. The molecular weight excluding hydrogens is 371 g/mol. The van der Waals surface area contributed by atoms with E-state index in [4.69, 9.17) is 17.3 Å². The summed E-state index contributed by atoms with van der Waals surface area (Å²) < 4.78 is 3.19. The third kappa shape index (κ3) is 2.54. The highest BCUT2D eigenvalue weighted by atomic mass is 79.9. The van der Waals surface area contributed by atoms with Crippen LogP contribution in [0, 0.1) is 0 Å². The molecule has 0 aliphatic heterocycles. The maximum Gasteiger partial charge on any atom is 0.153 e. The van der Waals surface area contributed by atoms with Crippen LogP contribution in [0.25, 0.3) is 0 Å². The zero-order valence-electron chi connectivity index (χ0n) is 8.86. The Morgan fingerprint density at radius 3 is 2.71 bits per heavy atom. The van der Waals surface area contributed by atoms with Crippen LogP contribution in [0.5, 0.6) is 0 Å². The molecule has 1 aromatic carbocycles. The van der Waals surface area contributed by atoms with Crippen molar-refractivity contribution in [2.75, 3.05) is 0 Å². The van der Waals surface area contributed by atoms with Crippen LogP contribution >= 0.6 is 43.5 Å². The molecule has 90 valence electrons. The maximum absolute atomic E-state index is 6.20. The van der Waals surface area contributed by atoms with Crippen molar-refractivity contribution in [2.45, 2.75) is 6.04 Å². The van der Waals surface area contributed by atoms with E-state index in [1.807, 2.05) is 12.1 Å². The Labute approximate surface area is 120 Å². The van der Waals surface area contributed by atoms with Crippen LogP contribution < -0.4 is 5.73 Å². The molecular formula is C10H9Br2ClN4. The highest BCUT2D eigenvalue weighted by molar-refractivity contribution is 9.10. The summed E-state index contributed by atoms with van der Waals surface area (Å²) in [5.74, 6) is 0. The Morgan fingerprint density at radius 1 is 1.41 bits per heavy atom. The second-order valence-electron chi connectivity index (χ2n) is 3.53. The van der Waals surface area contributed by atoms with Gasteiger partial charge in [-0.25, -0.2) is 4.68 Å². The van der Waals surface area contributed by atoms with Crippen molar-refractivity contribution in [2.24, 2.45) is 12.8 Å². The molecule has 0 aliphatic rings. The van der Waals surface area contributed by atoms with Crippen molar-refractivity contribution < 1.29 is 0 Å². The number of benzene rings is 1. The topological polar surface area (TPSA) is 56.7 Å². The maximum atomic E-state index is 6.20. The summed E-state index contributed by atoms with van der Waals surface area (Å²) in [5.41, 5.74) is 7.80. The van der Waals surface area contributed by atoms with Crippen LogP contribution in [0.3, 0.4) is 0 Å². The number of aryl methyl sites for hydroxylation is 1. The third-order valence-electron chi connectivity index (χ3n) is 2.41. The molecule has 2 rings (SSSR count). The van der Waals surface area contributed by atoms with E-state index >= 15 is 0 Å². The number of hydrogen-bond acceptors (Lipinski definition) is 3. The van der Waals surface area contributed by atoms with Crippen molar-refractivity contribution in [3.8, 4) is 0 Å². The molecule has 0 radical (unpaired) electrons. The predicted molar refractivity (Wildman–Crippen MR) is 73.9 cm³/mol. The molecule has 1 unspecified atom stereocenters. The van der Waals surface area contributed by atoms with E-state index in [0.29, 0.717) is 9.63 Å². The van der Waals surface area contributed by atoms with Crippen molar-refractivity contribution in [3.63, 3.8) is 0 Å². The summed E-state index contributed by atoms with van der Waals surface area (Å²) >= 11 is 12.9. The fourth-order valence-corrected chi connectivity index (χ4v) is 2.76. The summed E-state index contributed by atoms with van der Waals surface area (Å²) in [5, 5.41) is 8.43. The quantitative estimate of drug-likeness (QED) is 0.871. The first-order valence-electron chi connectivity index (χ1n) is 4.76. The monoisotopic (exact) mass is 378 g/mol. The van der Waals surface area contributed by atoms with Gasteiger partial charge in [0.1, 0.15) is 0 Å². The summed E-state index contributed by atoms with van der Waals surface area (Å²) in [6.07, 6.45) is 0. The largest absolute Gasteiger partial charge is 0.319 e. The molecule has 1 heterocycles. The van der Waals surface area contributed by atoms with E-state index in [2.05, 4.69) is 42.2 Å². The minimum atomic E-state index is -0.380. The van der Waals surface area contributed by atoms with Gasteiger partial charge < -0.3 is 5.73 Å². The molecule has 2 N–H and O–H groups in total. The second kappa shape index (κ2) is 5.06. The number of nitrogens with zero attached hydrogens (tertiary/aromatic N) is 3. The van der Waals surface area contributed by atoms with Gasteiger partial charge >= 0.3 is 0 Å². The molecule has 0 aliphatic carbocycles. The van der Waals surface area contributed by atoms with E-state index in [9.17, 15) is 0 Å². The van der Waals surface area contributed by atoms with Crippen molar-refractivity contribution in [3.05, 3.63) is 43.6 Å². The number of rotatable bonds is 2. The zero-order valence-corrected chi connectivity index (χ0v) is 12.8. The predicted octanol–water partition coefficient (Wildman–Crippen LogP) is 3.04. The fourth-order valence-electron chi connectivity index (χ4n) is 1.57. The van der Waals surface area contributed by atoms with Crippen molar-refractivity contribution in [1.29, 1.82) is 0 Å². The van der Waals surface area contributed by atoms with Gasteiger partial charge in [0, 0.05) is 16.5 Å². The van der Waals surface area contributed by atoms with Crippen molar-refractivity contribution in [1.82, 2.24) is 15.0 Å². The van der Waals surface area contributed by atoms with Crippen LogP contribution in [-0.2, 0) is 7.05 Å². The standard InChI is InChI=1S/C10H9Br2ClN4/c1-17-9(10(12)15-16-17)8(14)6-4-5(11)2-3-7(6)13/h2-4,8H,14H2,1H3. The van der Waals surface area contributed by atoms with Gasteiger partial charge in [0.2, 0.25) is 0 Å². The summed E-state index contributed by atoms with van der Waals surface area (Å²) in [6, 6.07) is 5.19. The van der Waals surface area contributed by atoms with Crippen LogP contribution in [0.2, 0.25) is 5.02 Å². The molecule has 2 aromatic rings. The fraction of sp³-hybridized carbons (Fsp3) is 0.200. The smallest absolute Gasteiger partial charge is 0.153 e. The number of halogens is 3. The van der Waals surface area contributed by atoms with Gasteiger partial charge in [0.15, 0.2) is 4.60 Å². The van der Waals surface area contributed by atoms with E-state index in [-0.39, 0.29) is 6.04 Å². The van der Waals surface area contributed by atoms with Gasteiger partial charge in [0.25, 0.3) is 0 Å². The van der Waals surface area contributed by atoms with E-state index in [1.54, 1.807) is 17.8 Å². The first kappa shape index (κ1) is 13.0. The van der Waals surface area contributed by atoms with Gasteiger partial charge in [-0.05, 0) is 39.7 Å². The molecule has 0 saturated heterocycles. The van der Waals surface area contributed by atoms with E-state index < -0.39 is 0 Å². The Balaban J connectivity index is 2.50. The third-order valence-corrected chi connectivity index (χ3v) is 3.82. The van der Waals surface area contributed by atoms with Crippen LogP contribution in [0.1, 0.15) is 17.3 Å². The Morgan fingerprint density at radius 2 is 2.12 bits per heavy atom. The normalized spacial score (nSPS) is 12.8. The summed E-state index contributed by atoms with van der Waals surface area (Å²) in [7, 11) is 1.79. The lowest BCUT2D eigenvalue weighted by Gasteiger charge is -2.14. The second-order valence-corrected chi connectivity index (χ2v) is 5.61. The number of hydrogen-bond donors (Lipinski definition) is 1. The van der Waals surface area contributed by atoms with Gasteiger partial charge in [-0.1, -0.05) is 32.7 Å². The molecule has 0 bridgehead atoms. The Kier molecular flexibility index (Phi) is 3.87. The molecule has 7 heteroatoms. The highest BCUT2D eigenvalue weighted by Gasteiger charge is 2.20. The average molecular weight is 380 g/mol. The van der Waals surface area contributed by atoms with E-state index in [0.717, 1.165) is 15.7 Å². The van der Waals surface area contributed by atoms with Crippen LogP contribution in [0.15, 0.2) is 27.3 Å². The number of aromatic nitrogens is 3. The van der Waals surface area contributed by atoms with Gasteiger partial charge in [-0.3, -0.25) is 0 Å². The first-order valence-corrected chi connectivity index (χ1v) is 6.72. The van der Waals surface area contributed by atoms with Crippen LogP contribution in [0.4, 0.5) is 0 Å². The first-order chi connectivity index (χ1) is 8.00. The molecule has 0 amide bonds. The average Bonchev–Trinajstić information content (AvgIpc) is 2.61. The minimum absolute atomic E-state index is 0.380. The Hall–Kier alpha value is -0.430. The molecule has 1 atom stereocenters. The van der Waals surface area contributed by atoms with Gasteiger partial charge in [0.05, 0.1) is 11.7 Å². The molecule has 1 aromatic heterocycles. The lowest BCUT2D eigenvalue weighted by Crippen LogP contribution is -2.17. The Bertz CT molecular complexity index is 536. The molecule has 0 fully saturated rings. The zero-order chi connectivity index (χ0) is 12.6. The van der Waals surface area contributed by atoms with Gasteiger partial charge in [-0.2, -0.15) is 0 Å². The summed E-state index contributed by atoms with van der Waals surface area (Å²) in [6.45, 7) is 0.